The summed E-state index contributed by atoms with van der Waals surface area (Å²) in [6.45, 7) is 6.06. The molecule has 0 amide bonds. The van der Waals surface area contributed by atoms with Crippen molar-refractivity contribution in [2.24, 2.45) is 0 Å². The van der Waals surface area contributed by atoms with E-state index < -0.39 is 0 Å². The summed E-state index contributed by atoms with van der Waals surface area (Å²) < 4.78 is 1.81. The molecule has 0 atom stereocenters. The van der Waals surface area contributed by atoms with Gasteiger partial charge in [-0.2, -0.15) is 4.52 Å². The molecule has 0 spiro atoms. The van der Waals surface area contributed by atoms with Crippen LogP contribution in [0.15, 0.2) is 36.4 Å². The van der Waals surface area contributed by atoms with Crippen LogP contribution in [0.4, 0.5) is 11.5 Å². The number of piperidine rings is 1. The third-order valence-corrected chi connectivity index (χ3v) is 4.61. The van der Waals surface area contributed by atoms with E-state index in [2.05, 4.69) is 56.7 Å². The molecule has 6 nitrogen and oxygen atoms in total. The van der Waals surface area contributed by atoms with Crippen LogP contribution in [0, 0.1) is 13.8 Å². The van der Waals surface area contributed by atoms with Crippen LogP contribution in [-0.4, -0.2) is 38.9 Å². The van der Waals surface area contributed by atoms with E-state index in [0.29, 0.717) is 6.04 Å². The van der Waals surface area contributed by atoms with Gasteiger partial charge in [0.15, 0.2) is 11.5 Å². The Hall–Kier alpha value is -2.63. The van der Waals surface area contributed by atoms with Gasteiger partial charge in [0, 0.05) is 24.8 Å². The van der Waals surface area contributed by atoms with Crippen LogP contribution in [-0.2, 0) is 0 Å². The fraction of sp³-hybridized carbons (Fsp3) is 0.389. The van der Waals surface area contributed by atoms with Crippen LogP contribution < -0.4 is 10.2 Å². The van der Waals surface area contributed by atoms with Gasteiger partial charge in [-0.25, -0.2) is 0 Å². The Bertz CT molecular complexity index is 848. The normalized spacial score (nSPS) is 15.8. The lowest BCUT2D eigenvalue weighted by molar-refractivity contribution is 0.521. The van der Waals surface area contributed by atoms with Crippen LogP contribution >= 0.6 is 0 Å². The predicted molar refractivity (Wildman–Crippen MR) is 95.6 cm³/mol. The number of hydrogen-bond acceptors (Lipinski definition) is 5. The molecule has 24 heavy (non-hydrogen) atoms. The molecular formula is C18H22N6. The topological polar surface area (TPSA) is 58.3 Å². The van der Waals surface area contributed by atoms with Gasteiger partial charge in [0.1, 0.15) is 5.82 Å². The quantitative estimate of drug-likeness (QED) is 0.803. The van der Waals surface area contributed by atoms with E-state index in [4.69, 9.17) is 0 Å². The number of benzene rings is 1. The van der Waals surface area contributed by atoms with Gasteiger partial charge in [-0.3, -0.25) is 0 Å². The number of anilines is 2. The third-order valence-electron chi connectivity index (χ3n) is 4.61. The standard InChI is InChI=1S/C18H22N6/c1-13-4-3-5-16(12-13)19-15-8-10-23(11-9-15)18-7-6-17-21-20-14(2)24(17)22-18/h3-7,12,15,19H,8-11H2,1-2H3. The minimum Gasteiger partial charge on any atom is -0.382 e. The molecule has 3 heterocycles. The van der Waals surface area contributed by atoms with E-state index in [9.17, 15) is 0 Å². The highest BCUT2D eigenvalue weighted by molar-refractivity contribution is 5.48. The summed E-state index contributed by atoms with van der Waals surface area (Å²) in [7, 11) is 0. The second-order valence-electron chi connectivity index (χ2n) is 6.48. The van der Waals surface area contributed by atoms with E-state index in [1.54, 1.807) is 0 Å². The molecule has 1 aliphatic rings. The summed E-state index contributed by atoms with van der Waals surface area (Å²) in [4.78, 5) is 2.34. The summed E-state index contributed by atoms with van der Waals surface area (Å²) in [5.41, 5.74) is 3.31. The number of rotatable bonds is 3. The summed E-state index contributed by atoms with van der Waals surface area (Å²) in [6, 6.07) is 13.1. The highest BCUT2D eigenvalue weighted by atomic mass is 15.4. The average Bonchev–Trinajstić information content (AvgIpc) is 2.96. The minimum absolute atomic E-state index is 0.517. The molecule has 0 unspecified atom stereocenters. The van der Waals surface area contributed by atoms with Gasteiger partial charge in [0.2, 0.25) is 0 Å². The molecule has 1 fully saturated rings. The van der Waals surface area contributed by atoms with Crippen molar-refractivity contribution in [1.29, 1.82) is 0 Å². The molecule has 4 rings (SSSR count). The number of aromatic nitrogens is 4. The first-order valence-corrected chi connectivity index (χ1v) is 8.46. The van der Waals surface area contributed by atoms with Crippen LogP contribution in [0.5, 0.6) is 0 Å². The zero-order valence-electron chi connectivity index (χ0n) is 14.1. The van der Waals surface area contributed by atoms with Gasteiger partial charge in [0.05, 0.1) is 0 Å². The molecule has 0 saturated carbocycles. The van der Waals surface area contributed by atoms with Crippen molar-refractivity contribution in [1.82, 2.24) is 19.8 Å². The summed E-state index contributed by atoms with van der Waals surface area (Å²) in [5, 5.41) is 16.5. The van der Waals surface area contributed by atoms with E-state index >= 15 is 0 Å². The first-order valence-electron chi connectivity index (χ1n) is 8.46. The number of nitrogens with one attached hydrogen (secondary N) is 1. The Labute approximate surface area is 141 Å². The summed E-state index contributed by atoms with van der Waals surface area (Å²) in [6.07, 6.45) is 2.21. The van der Waals surface area contributed by atoms with Crippen molar-refractivity contribution in [3.05, 3.63) is 47.8 Å². The van der Waals surface area contributed by atoms with E-state index in [1.165, 1.54) is 11.3 Å². The largest absolute Gasteiger partial charge is 0.382 e. The van der Waals surface area contributed by atoms with Gasteiger partial charge in [0.25, 0.3) is 0 Å². The molecule has 1 saturated heterocycles. The maximum atomic E-state index is 4.68. The predicted octanol–water partition coefficient (Wildman–Crippen LogP) is 2.82. The van der Waals surface area contributed by atoms with Gasteiger partial charge >= 0.3 is 0 Å². The molecule has 3 aromatic rings. The van der Waals surface area contributed by atoms with Gasteiger partial charge in [-0.15, -0.1) is 15.3 Å². The molecule has 6 heteroatoms. The zero-order valence-corrected chi connectivity index (χ0v) is 14.1. The first-order chi connectivity index (χ1) is 11.7. The van der Waals surface area contributed by atoms with Crippen molar-refractivity contribution in [3.63, 3.8) is 0 Å². The molecule has 0 radical (unpaired) electrons. The maximum absolute atomic E-state index is 4.68. The SMILES string of the molecule is Cc1cccc(NC2CCN(c3ccc4nnc(C)n4n3)CC2)c1. The molecule has 0 bridgehead atoms. The van der Waals surface area contributed by atoms with Crippen LogP contribution in [0.1, 0.15) is 24.2 Å². The maximum Gasteiger partial charge on any atom is 0.178 e. The van der Waals surface area contributed by atoms with Crippen molar-refractivity contribution in [3.8, 4) is 0 Å². The van der Waals surface area contributed by atoms with E-state index in [1.807, 2.05) is 23.6 Å². The third kappa shape index (κ3) is 2.91. The molecule has 1 aliphatic heterocycles. The van der Waals surface area contributed by atoms with Gasteiger partial charge in [-0.1, -0.05) is 12.1 Å². The molecule has 1 N–H and O–H groups in total. The number of fused-ring (bicyclic) bond motifs is 1. The minimum atomic E-state index is 0.517. The number of hydrogen-bond donors (Lipinski definition) is 1. The molecule has 1 aromatic carbocycles. The van der Waals surface area contributed by atoms with Crippen molar-refractivity contribution in [2.45, 2.75) is 32.7 Å². The highest BCUT2D eigenvalue weighted by Gasteiger charge is 2.20. The monoisotopic (exact) mass is 322 g/mol. The van der Waals surface area contributed by atoms with Crippen LogP contribution in [0.3, 0.4) is 0 Å². The number of aryl methyl sites for hydroxylation is 2. The van der Waals surface area contributed by atoms with Crippen molar-refractivity contribution >= 4 is 17.2 Å². The van der Waals surface area contributed by atoms with Gasteiger partial charge in [-0.05, 0) is 56.5 Å². The fourth-order valence-corrected chi connectivity index (χ4v) is 3.28. The Kier molecular flexibility index (Phi) is 3.80. The summed E-state index contributed by atoms with van der Waals surface area (Å²) in [5.74, 6) is 1.82. The van der Waals surface area contributed by atoms with Crippen LogP contribution in [0.2, 0.25) is 0 Å². The Balaban J connectivity index is 1.42. The summed E-state index contributed by atoms with van der Waals surface area (Å²) >= 11 is 0. The van der Waals surface area contributed by atoms with E-state index in [0.717, 1.165) is 43.2 Å². The molecule has 124 valence electrons. The molecule has 0 aliphatic carbocycles. The fourth-order valence-electron chi connectivity index (χ4n) is 3.28. The number of nitrogens with zero attached hydrogens (tertiary/aromatic N) is 5. The van der Waals surface area contributed by atoms with Crippen molar-refractivity contribution in [2.75, 3.05) is 23.3 Å². The molecular weight excluding hydrogens is 300 g/mol. The highest BCUT2D eigenvalue weighted by Crippen LogP contribution is 2.21. The van der Waals surface area contributed by atoms with E-state index in [-0.39, 0.29) is 0 Å². The molecule has 2 aromatic heterocycles. The average molecular weight is 322 g/mol. The first kappa shape index (κ1) is 14.9. The lowest BCUT2D eigenvalue weighted by atomic mass is 10.0. The lowest BCUT2D eigenvalue weighted by Gasteiger charge is -2.33. The second-order valence-corrected chi connectivity index (χ2v) is 6.48. The lowest BCUT2D eigenvalue weighted by Crippen LogP contribution is -2.39. The zero-order chi connectivity index (χ0) is 16.5. The van der Waals surface area contributed by atoms with Crippen LogP contribution in [0.25, 0.3) is 5.65 Å². The van der Waals surface area contributed by atoms with Gasteiger partial charge < -0.3 is 10.2 Å². The smallest absolute Gasteiger partial charge is 0.178 e. The second kappa shape index (κ2) is 6.11. The Morgan fingerprint density at radius 1 is 1.04 bits per heavy atom. The Morgan fingerprint density at radius 2 is 1.88 bits per heavy atom. The Morgan fingerprint density at radius 3 is 2.67 bits per heavy atom. The van der Waals surface area contributed by atoms with Crippen molar-refractivity contribution < 1.29 is 0 Å².